The molecule has 0 bridgehead atoms. The second-order valence-electron chi connectivity index (χ2n) is 5.95. The number of hydrogen-bond acceptors (Lipinski definition) is 2. The molecule has 116 valence electrons. The summed E-state index contributed by atoms with van der Waals surface area (Å²) < 4.78 is 51.5. The van der Waals surface area contributed by atoms with Crippen LogP contribution in [0, 0.1) is 11.7 Å². The zero-order valence-corrected chi connectivity index (χ0v) is 11.6. The van der Waals surface area contributed by atoms with Gasteiger partial charge >= 0.3 is 6.18 Å². The van der Waals surface area contributed by atoms with E-state index in [-0.39, 0.29) is 0 Å². The number of benzene rings is 1. The Morgan fingerprint density at radius 2 is 1.95 bits per heavy atom. The summed E-state index contributed by atoms with van der Waals surface area (Å²) >= 11 is 0. The van der Waals surface area contributed by atoms with Crippen molar-refractivity contribution >= 4 is 5.69 Å². The van der Waals surface area contributed by atoms with Crippen molar-refractivity contribution in [1.29, 1.82) is 0 Å². The van der Waals surface area contributed by atoms with E-state index in [0.717, 1.165) is 38.2 Å². The maximum atomic E-state index is 13.3. The number of rotatable bonds is 4. The van der Waals surface area contributed by atoms with Crippen molar-refractivity contribution in [2.24, 2.45) is 5.92 Å². The molecule has 1 heterocycles. The summed E-state index contributed by atoms with van der Waals surface area (Å²) in [5, 5.41) is 3.45. The van der Waals surface area contributed by atoms with E-state index < -0.39 is 17.6 Å². The fraction of sp³-hybridized carbons (Fsp3) is 0.600. The highest BCUT2D eigenvalue weighted by Crippen LogP contribution is 2.35. The summed E-state index contributed by atoms with van der Waals surface area (Å²) in [7, 11) is 0. The third-order valence-electron chi connectivity index (χ3n) is 4.18. The van der Waals surface area contributed by atoms with Crippen LogP contribution in [0.5, 0.6) is 0 Å². The summed E-state index contributed by atoms with van der Waals surface area (Å²) in [4.78, 5) is 1.91. The summed E-state index contributed by atoms with van der Waals surface area (Å²) in [5.41, 5.74) is -0.725. The van der Waals surface area contributed by atoms with Crippen LogP contribution in [0.25, 0.3) is 0 Å². The molecule has 0 amide bonds. The third-order valence-corrected chi connectivity index (χ3v) is 4.18. The van der Waals surface area contributed by atoms with Crippen LogP contribution in [0.3, 0.4) is 0 Å². The molecule has 1 saturated heterocycles. The molecule has 0 spiro atoms. The number of hydrogen-bond donors (Lipinski definition) is 1. The Morgan fingerprint density at radius 3 is 2.62 bits per heavy atom. The molecule has 1 unspecified atom stereocenters. The maximum absolute atomic E-state index is 13.3. The van der Waals surface area contributed by atoms with Crippen LogP contribution in [-0.2, 0) is 6.18 Å². The lowest BCUT2D eigenvalue weighted by atomic mass is 10.1. The minimum Gasteiger partial charge on any atom is -0.371 e. The second-order valence-corrected chi connectivity index (χ2v) is 5.95. The minimum absolute atomic E-state index is 0.449. The average molecular weight is 302 g/mol. The first-order chi connectivity index (χ1) is 9.93. The van der Waals surface area contributed by atoms with Crippen LogP contribution in [0.1, 0.15) is 24.8 Å². The van der Waals surface area contributed by atoms with Gasteiger partial charge < -0.3 is 10.2 Å². The van der Waals surface area contributed by atoms with Gasteiger partial charge in [-0.05, 0) is 49.9 Å². The molecule has 2 aliphatic rings. The van der Waals surface area contributed by atoms with Gasteiger partial charge in [0.1, 0.15) is 5.82 Å². The molecule has 2 nitrogen and oxygen atoms in total. The molecule has 2 fully saturated rings. The predicted octanol–water partition coefficient (Wildman–Crippen LogP) is 3.42. The molecule has 1 aliphatic heterocycles. The highest BCUT2D eigenvalue weighted by Gasteiger charge is 2.35. The third kappa shape index (κ3) is 3.48. The van der Waals surface area contributed by atoms with Crippen molar-refractivity contribution in [3.05, 3.63) is 29.6 Å². The summed E-state index contributed by atoms with van der Waals surface area (Å²) in [5.74, 6) is -0.762. The van der Waals surface area contributed by atoms with Gasteiger partial charge in [0, 0.05) is 24.8 Å². The number of halogens is 4. The van der Waals surface area contributed by atoms with Crippen LogP contribution in [0.4, 0.5) is 23.2 Å². The molecule has 6 heteroatoms. The SMILES string of the molecule is Fc1ccc(N2CCC(CNC3CC3)C2)cc1C(F)(F)F. The summed E-state index contributed by atoms with van der Waals surface area (Å²) in [6, 6.07) is 3.91. The quantitative estimate of drug-likeness (QED) is 0.857. The van der Waals surface area contributed by atoms with E-state index in [9.17, 15) is 17.6 Å². The Morgan fingerprint density at radius 1 is 1.19 bits per heavy atom. The molecule has 1 aromatic rings. The van der Waals surface area contributed by atoms with Crippen molar-refractivity contribution in [3.63, 3.8) is 0 Å². The summed E-state index contributed by atoms with van der Waals surface area (Å²) in [6.07, 6.45) is -1.24. The van der Waals surface area contributed by atoms with Crippen LogP contribution < -0.4 is 10.2 Å². The van der Waals surface area contributed by atoms with Crippen LogP contribution in [-0.4, -0.2) is 25.7 Å². The van der Waals surface area contributed by atoms with Gasteiger partial charge in [-0.2, -0.15) is 13.2 Å². The highest BCUT2D eigenvalue weighted by molar-refractivity contribution is 5.50. The van der Waals surface area contributed by atoms with Crippen molar-refractivity contribution in [2.45, 2.75) is 31.5 Å². The highest BCUT2D eigenvalue weighted by atomic mass is 19.4. The van der Waals surface area contributed by atoms with Gasteiger partial charge in [0.15, 0.2) is 0 Å². The van der Waals surface area contributed by atoms with E-state index in [1.54, 1.807) is 0 Å². The van der Waals surface area contributed by atoms with Gasteiger partial charge in [-0.15, -0.1) is 0 Å². The molecule has 3 rings (SSSR count). The standard InChI is InChI=1S/C15H18F4N2/c16-14-4-3-12(7-13(14)15(17,18)19)21-6-5-10(9-21)8-20-11-1-2-11/h3-4,7,10-11,20H,1-2,5-6,8-9H2. The fourth-order valence-corrected chi connectivity index (χ4v) is 2.78. The van der Waals surface area contributed by atoms with Gasteiger partial charge in [-0.1, -0.05) is 0 Å². The zero-order valence-electron chi connectivity index (χ0n) is 11.6. The molecule has 1 atom stereocenters. The largest absolute Gasteiger partial charge is 0.419 e. The van der Waals surface area contributed by atoms with E-state index in [2.05, 4.69) is 5.32 Å². The predicted molar refractivity (Wildman–Crippen MR) is 72.7 cm³/mol. The van der Waals surface area contributed by atoms with Gasteiger partial charge in [0.25, 0.3) is 0 Å². The smallest absolute Gasteiger partial charge is 0.371 e. The molecule has 1 saturated carbocycles. The number of anilines is 1. The first kappa shape index (κ1) is 14.6. The first-order valence-corrected chi connectivity index (χ1v) is 7.28. The van der Waals surface area contributed by atoms with Gasteiger partial charge in [-0.25, -0.2) is 4.39 Å². The monoisotopic (exact) mass is 302 g/mol. The second kappa shape index (κ2) is 5.48. The van der Waals surface area contributed by atoms with E-state index in [1.165, 1.54) is 18.9 Å². The lowest BCUT2D eigenvalue weighted by Crippen LogP contribution is -2.27. The van der Waals surface area contributed by atoms with Crippen LogP contribution in [0.2, 0.25) is 0 Å². The van der Waals surface area contributed by atoms with Crippen molar-refractivity contribution in [2.75, 3.05) is 24.5 Å². The number of nitrogens with zero attached hydrogens (tertiary/aromatic N) is 1. The molecular formula is C15H18F4N2. The zero-order chi connectivity index (χ0) is 15.0. The van der Waals surface area contributed by atoms with E-state index in [1.807, 2.05) is 4.90 Å². The van der Waals surface area contributed by atoms with Crippen molar-refractivity contribution in [1.82, 2.24) is 5.32 Å². The molecule has 0 radical (unpaired) electrons. The lowest BCUT2D eigenvalue weighted by Gasteiger charge is -2.20. The van der Waals surface area contributed by atoms with Crippen molar-refractivity contribution < 1.29 is 17.6 Å². The van der Waals surface area contributed by atoms with E-state index in [0.29, 0.717) is 17.6 Å². The maximum Gasteiger partial charge on any atom is 0.419 e. The van der Waals surface area contributed by atoms with E-state index in [4.69, 9.17) is 0 Å². The molecule has 1 aliphatic carbocycles. The topological polar surface area (TPSA) is 15.3 Å². The Kier molecular flexibility index (Phi) is 3.82. The Hall–Kier alpha value is -1.30. The Labute approximate surface area is 121 Å². The van der Waals surface area contributed by atoms with Crippen LogP contribution >= 0.6 is 0 Å². The summed E-state index contributed by atoms with van der Waals surface area (Å²) in [6.45, 7) is 2.36. The van der Waals surface area contributed by atoms with Crippen molar-refractivity contribution in [3.8, 4) is 0 Å². The molecule has 0 aromatic heterocycles. The van der Waals surface area contributed by atoms with Crippen LogP contribution in [0.15, 0.2) is 18.2 Å². The van der Waals surface area contributed by atoms with Gasteiger partial charge in [0.2, 0.25) is 0 Å². The normalized spacial score (nSPS) is 22.9. The minimum atomic E-state index is -4.65. The number of alkyl halides is 3. The Bertz CT molecular complexity index is 511. The fourth-order valence-electron chi connectivity index (χ4n) is 2.78. The lowest BCUT2D eigenvalue weighted by molar-refractivity contribution is -0.139. The average Bonchev–Trinajstić information content (AvgIpc) is 3.13. The molecule has 1 aromatic carbocycles. The molecule has 21 heavy (non-hydrogen) atoms. The van der Waals surface area contributed by atoms with Gasteiger partial charge in [-0.3, -0.25) is 0 Å². The Balaban J connectivity index is 1.66. The molecular weight excluding hydrogens is 284 g/mol. The van der Waals surface area contributed by atoms with Gasteiger partial charge in [0.05, 0.1) is 5.56 Å². The first-order valence-electron chi connectivity index (χ1n) is 7.28. The van der Waals surface area contributed by atoms with E-state index >= 15 is 0 Å². The number of nitrogens with one attached hydrogen (secondary N) is 1. The molecule has 1 N–H and O–H groups in total.